The molecule has 1 aliphatic carbocycles. The lowest BCUT2D eigenvalue weighted by atomic mass is 9.88. The monoisotopic (exact) mass is 413 g/mol. The standard InChI is InChI=1S/C21H23N3O4S/c1-22(29(27,28)18-11-9-17(10-12-18)24(25)26)21-19-7-3-2-6-16(19)8-13-20(21)23-14-4-5-15-23/h2-3,6-13,20-21H,4-5,14-15H2,1H3. The van der Waals surface area contributed by atoms with Crippen LogP contribution in [0.5, 0.6) is 0 Å². The molecule has 2 unspecified atom stereocenters. The number of likely N-dealkylation sites (N-methyl/N-ethyl adjacent to an activating group) is 1. The number of nitro groups is 1. The van der Waals surface area contributed by atoms with Gasteiger partial charge in [0.05, 0.1) is 15.9 Å². The Morgan fingerprint density at radius 1 is 1.07 bits per heavy atom. The molecule has 0 bridgehead atoms. The van der Waals surface area contributed by atoms with Crippen LogP contribution in [0.15, 0.2) is 59.5 Å². The summed E-state index contributed by atoms with van der Waals surface area (Å²) in [6.07, 6.45) is 6.39. The number of non-ortho nitro benzene ring substituents is 1. The second kappa shape index (κ2) is 7.70. The Morgan fingerprint density at radius 2 is 1.72 bits per heavy atom. The second-order valence-electron chi connectivity index (χ2n) is 7.44. The molecule has 4 rings (SSSR count). The van der Waals surface area contributed by atoms with E-state index in [1.54, 1.807) is 7.05 Å². The number of rotatable bonds is 5. The van der Waals surface area contributed by atoms with Gasteiger partial charge < -0.3 is 0 Å². The summed E-state index contributed by atoms with van der Waals surface area (Å²) in [6.45, 7) is 1.89. The van der Waals surface area contributed by atoms with Gasteiger partial charge in [-0.1, -0.05) is 36.4 Å². The molecule has 2 aromatic rings. The molecule has 2 aromatic carbocycles. The van der Waals surface area contributed by atoms with E-state index in [0.29, 0.717) is 0 Å². The molecule has 152 valence electrons. The molecule has 8 heteroatoms. The molecular formula is C21H23N3O4S. The molecule has 0 amide bonds. The smallest absolute Gasteiger partial charge is 0.269 e. The minimum Gasteiger partial charge on any atom is -0.295 e. The van der Waals surface area contributed by atoms with Gasteiger partial charge in [0, 0.05) is 25.2 Å². The Kier molecular flexibility index (Phi) is 5.24. The van der Waals surface area contributed by atoms with Crippen LogP contribution in [0, 0.1) is 10.1 Å². The highest BCUT2D eigenvalue weighted by Crippen LogP contribution is 2.38. The van der Waals surface area contributed by atoms with Crippen molar-refractivity contribution in [2.24, 2.45) is 0 Å². The quantitative estimate of drug-likeness (QED) is 0.554. The first kappa shape index (κ1) is 19.8. The number of nitrogens with zero attached hydrogens (tertiary/aromatic N) is 3. The van der Waals surface area contributed by atoms with Gasteiger partial charge in [0.25, 0.3) is 5.69 Å². The summed E-state index contributed by atoms with van der Waals surface area (Å²) in [4.78, 5) is 12.8. The third-order valence-corrected chi connectivity index (χ3v) is 7.64. The highest BCUT2D eigenvalue weighted by molar-refractivity contribution is 7.89. The molecule has 1 heterocycles. The molecule has 7 nitrogen and oxygen atoms in total. The van der Waals surface area contributed by atoms with Crippen molar-refractivity contribution in [1.82, 2.24) is 9.21 Å². The first-order valence-corrected chi connectivity index (χ1v) is 11.1. The van der Waals surface area contributed by atoms with Crippen LogP contribution in [-0.4, -0.2) is 48.7 Å². The molecule has 2 aliphatic rings. The topological polar surface area (TPSA) is 83.8 Å². The molecule has 29 heavy (non-hydrogen) atoms. The van der Waals surface area contributed by atoms with Crippen LogP contribution in [0.3, 0.4) is 0 Å². The van der Waals surface area contributed by atoms with Gasteiger partial charge in [-0.15, -0.1) is 0 Å². The largest absolute Gasteiger partial charge is 0.295 e. The molecule has 0 radical (unpaired) electrons. The molecule has 0 N–H and O–H groups in total. The van der Waals surface area contributed by atoms with Crippen molar-refractivity contribution in [3.63, 3.8) is 0 Å². The maximum atomic E-state index is 13.4. The van der Waals surface area contributed by atoms with Gasteiger partial charge in [-0.3, -0.25) is 15.0 Å². The van der Waals surface area contributed by atoms with Gasteiger partial charge in [-0.25, -0.2) is 8.42 Å². The summed E-state index contributed by atoms with van der Waals surface area (Å²) in [7, 11) is -2.24. The molecular weight excluding hydrogens is 390 g/mol. The Morgan fingerprint density at radius 3 is 2.38 bits per heavy atom. The van der Waals surface area contributed by atoms with E-state index < -0.39 is 14.9 Å². The second-order valence-corrected chi connectivity index (χ2v) is 9.44. The molecule has 1 aliphatic heterocycles. The van der Waals surface area contributed by atoms with Crippen LogP contribution >= 0.6 is 0 Å². The van der Waals surface area contributed by atoms with Crippen molar-refractivity contribution in [2.75, 3.05) is 20.1 Å². The maximum Gasteiger partial charge on any atom is 0.269 e. The van der Waals surface area contributed by atoms with Gasteiger partial charge in [-0.05, 0) is 49.2 Å². The SMILES string of the molecule is CN(C1c2ccccc2C=CC1N1CCCC1)S(=O)(=O)c1ccc([N+](=O)[O-])cc1. The summed E-state index contributed by atoms with van der Waals surface area (Å²) in [5, 5.41) is 10.9. The molecule has 0 aromatic heterocycles. The van der Waals surface area contributed by atoms with Crippen LogP contribution in [0.2, 0.25) is 0 Å². The van der Waals surface area contributed by atoms with Gasteiger partial charge in [0.1, 0.15) is 0 Å². The van der Waals surface area contributed by atoms with E-state index in [1.807, 2.05) is 24.3 Å². The average molecular weight is 413 g/mol. The van der Waals surface area contributed by atoms with Crippen LogP contribution in [0.1, 0.15) is 30.0 Å². The van der Waals surface area contributed by atoms with Crippen molar-refractivity contribution >= 4 is 21.8 Å². The normalized spacial score (nSPS) is 22.0. The van der Waals surface area contributed by atoms with Crippen LogP contribution < -0.4 is 0 Å². The molecule has 2 atom stereocenters. The fourth-order valence-corrected chi connectivity index (χ4v) is 5.60. The number of likely N-dealkylation sites (tertiary alicyclic amines) is 1. The average Bonchev–Trinajstić information content (AvgIpc) is 3.27. The summed E-state index contributed by atoms with van der Waals surface area (Å²) in [6, 6.07) is 12.5. The third-order valence-electron chi connectivity index (χ3n) is 5.79. The zero-order valence-corrected chi connectivity index (χ0v) is 17.0. The number of sulfonamides is 1. The van der Waals surface area contributed by atoms with Crippen LogP contribution in [-0.2, 0) is 10.0 Å². The lowest BCUT2D eigenvalue weighted by Crippen LogP contribution is -2.46. The lowest BCUT2D eigenvalue weighted by Gasteiger charge is -2.40. The minimum absolute atomic E-state index is 0.0507. The first-order chi connectivity index (χ1) is 13.9. The Balaban J connectivity index is 1.74. The Labute approximate surface area is 170 Å². The van der Waals surface area contributed by atoms with Gasteiger partial charge in [0.2, 0.25) is 10.0 Å². The Bertz CT molecular complexity index is 1040. The molecule has 1 fully saturated rings. The van der Waals surface area contributed by atoms with E-state index in [2.05, 4.69) is 17.1 Å². The van der Waals surface area contributed by atoms with Gasteiger partial charge >= 0.3 is 0 Å². The lowest BCUT2D eigenvalue weighted by molar-refractivity contribution is -0.384. The Hall–Kier alpha value is -2.55. The zero-order valence-electron chi connectivity index (χ0n) is 16.1. The fraction of sp³-hybridized carbons (Fsp3) is 0.333. The first-order valence-electron chi connectivity index (χ1n) is 9.63. The number of fused-ring (bicyclic) bond motifs is 1. The minimum atomic E-state index is -3.84. The maximum absolute atomic E-state index is 13.4. The summed E-state index contributed by atoms with van der Waals surface area (Å²) >= 11 is 0. The van der Waals surface area contributed by atoms with E-state index in [-0.39, 0.29) is 22.7 Å². The van der Waals surface area contributed by atoms with E-state index in [1.165, 1.54) is 28.6 Å². The number of hydrogen-bond donors (Lipinski definition) is 0. The number of benzene rings is 2. The number of nitro benzene ring substituents is 1. The van der Waals surface area contributed by atoms with Crippen molar-refractivity contribution in [3.8, 4) is 0 Å². The van der Waals surface area contributed by atoms with E-state index in [0.717, 1.165) is 37.1 Å². The molecule has 0 spiro atoms. The third kappa shape index (κ3) is 3.59. The summed E-state index contributed by atoms with van der Waals surface area (Å²) in [5.41, 5.74) is 1.85. The fourth-order valence-electron chi connectivity index (χ4n) is 4.25. The van der Waals surface area contributed by atoms with Crippen LogP contribution in [0.25, 0.3) is 6.08 Å². The molecule has 1 saturated heterocycles. The highest BCUT2D eigenvalue weighted by atomic mass is 32.2. The van der Waals surface area contributed by atoms with Crippen molar-refractivity contribution in [2.45, 2.75) is 29.8 Å². The summed E-state index contributed by atoms with van der Waals surface area (Å²) < 4.78 is 28.2. The van der Waals surface area contributed by atoms with Crippen LogP contribution in [0.4, 0.5) is 5.69 Å². The van der Waals surface area contributed by atoms with E-state index >= 15 is 0 Å². The molecule has 0 saturated carbocycles. The van der Waals surface area contributed by atoms with Crippen molar-refractivity contribution in [3.05, 3.63) is 75.8 Å². The van der Waals surface area contributed by atoms with Gasteiger partial charge in [0.15, 0.2) is 0 Å². The van der Waals surface area contributed by atoms with Gasteiger partial charge in [-0.2, -0.15) is 4.31 Å². The van der Waals surface area contributed by atoms with Crippen molar-refractivity contribution < 1.29 is 13.3 Å². The predicted octanol–water partition coefficient (Wildman–Crippen LogP) is 3.45. The van der Waals surface area contributed by atoms with E-state index in [4.69, 9.17) is 0 Å². The predicted molar refractivity (Wildman–Crippen MR) is 111 cm³/mol. The number of hydrogen-bond acceptors (Lipinski definition) is 5. The van der Waals surface area contributed by atoms with Crippen molar-refractivity contribution in [1.29, 1.82) is 0 Å². The zero-order chi connectivity index (χ0) is 20.6. The highest BCUT2D eigenvalue weighted by Gasteiger charge is 2.39. The van der Waals surface area contributed by atoms with E-state index in [9.17, 15) is 18.5 Å². The summed E-state index contributed by atoms with van der Waals surface area (Å²) in [5.74, 6) is 0.